The Kier molecular flexibility index (Phi) is 5.48. The van der Waals surface area contributed by atoms with Crippen LogP contribution < -0.4 is 4.90 Å². The molecule has 6 nitrogen and oxygen atoms in total. The van der Waals surface area contributed by atoms with Gasteiger partial charge in [-0.25, -0.2) is 0 Å². The van der Waals surface area contributed by atoms with Crippen molar-refractivity contribution in [1.82, 2.24) is 0 Å². The van der Waals surface area contributed by atoms with Gasteiger partial charge in [0, 0.05) is 11.3 Å². The number of nitriles is 1. The summed E-state index contributed by atoms with van der Waals surface area (Å²) in [7, 11) is 0. The lowest BCUT2D eigenvalue weighted by atomic mass is 9.94. The highest BCUT2D eigenvalue weighted by atomic mass is 16.3. The summed E-state index contributed by atoms with van der Waals surface area (Å²) < 4.78 is 0. The largest absolute Gasteiger partial charge is 0.508 e. The number of nitrogens with zero attached hydrogens (tertiary/aromatic N) is 2. The summed E-state index contributed by atoms with van der Waals surface area (Å²) in [5, 5.41) is 30.2. The summed E-state index contributed by atoms with van der Waals surface area (Å²) in [6.45, 7) is 2.01. The molecule has 1 atom stereocenters. The summed E-state index contributed by atoms with van der Waals surface area (Å²) >= 11 is 0. The minimum atomic E-state index is -0.944. The zero-order chi connectivity index (χ0) is 22.8. The fourth-order valence-electron chi connectivity index (χ4n) is 3.86. The number of hydrogen-bond donors (Lipinski definition) is 2. The molecule has 0 bridgehead atoms. The van der Waals surface area contributed by atoms with Crippen LogP contribution in [0.15, 0.2) is 78.4 Å². The van der Waals surface area contributed by atoms with Crippen molar-refractivity contribution in [3.05, 3.63) is 101 Å². The first-order valence-electron chi connectivity index (χ1n) is 10.1. The third-order valence-corrected chi connectivity index (χ3v) is 5.54. The number of carbonyl (C=O) groups is 2. The number of amides is 1. The van der Waals surface area contributed by atoms with Crippen LogP contribution in [0.3, 0.4) is 0 Å². The lowest BCUT2D eigenvalue weighted by Gasteiger charge is -2.25. The molecule has 158 valence electrons. The molecule has 3 aromatic carbocycles. The average molecular weight is 424 g/mol. The van der Waals surface area contributed by atoms with Crippen LogP contribution in [0.1, 0.15) is 35.2 Å². The number of carbonyl (C=O) groups excluding carboxylic acids is 2. The smallest absolute Gasteiger partial charge is 0.300 e. The Morgan fingerprint density at radius 1 is 1.03 bits per heavy atom. The van der Waals surface area contributed by atoms with E-state index >= 15 is 0 Å². The van der Waals surface area contributed by atoms with Gasteiger partial charge in [-0.15, -0.1) is 0 Å². The van der Waals surface area contributed by atoms with Crippen LogP contribution in [-0.2, 0) is 16.0 Å². The van der Waals surface area contributed by atoms with Crippen LogP contribution in [0.25, 0.3) is 5.76 Å². The van der Waals surface area contributed by atoms with Gasteiger partial charge in [-0.05, 0) is 53.9 Å². The standard InChI is InChI=1S/C26H20N2O4/c1-2-16-6-10-18(11-7-16)24(30)22-23(19-4-3-5-21(29)14-19)28(26(32)25(22)31)20-12-8-17(15-27)9-13-20/h3-14,23,29-30H,2H2,1H3/b24-22-. The van der Waals surface area contributed by atoms with E-state index in [1.165, 1.54) is 17.0 Å². The van der Waals surface area contributed by atoms with Crippen molar-refractivity contribution >= 4 is 23.1 Å². The molecule has 3 aromatic rings. The molecule has 1 fully saturated rings. The average Bonchev–Trinajstić information content (AvgIpc) is 3.09. The molecule has 0 aromatic heterocycles. The molecule has 0 spiro atoms. The predicted molar refractivity (Wildman–Crippen MR) is 120 cm³/mol. The van der Waals surface area contributed by atoms with E-state index in [9.17, 15) is 19.8 Å². The highest BCUT2D eigenvalue weighted by Gasteiger charge is 2.47. The van der Waals surface area contributed by atoms with Crippen LogP contribution >= 0.6 is 0 Å². The number of benzene rings is 3. The van der Waals surface area contributed by atoms with Crippen LogP contribution in [0.5, 0.6) is 5.75 Å². The molecule has 4 rings (SSSR count). The van der Waals surface area contributed by atoms with E-state index in [2.05, 4.69) is 0 Å². The van der Waals surface area contributed by atoms with Crippen molar-refractivity contribution in [3.63, 3.8) is 0 Å². The molecule has 0 aliphatic carbocycles. The minimum Gasteiger partial charge on any atom is -0.508 e. The van der Waals surface area contributed by atoms with E-state index in [-0.39, 0.29) is 17.1 Å². The minimum absolute atomic E-state index is 0.0276. The van der Waals surface area contributed by atoms with Gasteiger partial charge in [0.05, 0.1) is 23.2 Å². The maximum absolute atomic E-state index is 13.1. The second kappa shape index (κ2) is 8.40. The SMILES string of the molecule is CCc1ccc(/C(O)=C2/C(=O)C(=O)N(c3ccc(C#N)cc3)C2c2cccc(O)c2)cc1. The van der Waals surface area contributed by atoms with Crippen molar-refractivity contribution < 1.29 is 19.8 Å². The highest BCUT2D eigenvalue weighted by Crippen LogP contribution is 2.42. The number of aliphatic hydroxyl groups is 1. The Bertz CT molecular complexity index is 1270. The van der Waals surface area contributed by atoms with Gasteiger partial charge in [0.15, 0.2) is 0 Å². The molecule has 6 heteroatoms. The number of anilines is 1. The summed E-state index contributed by atoms with van der Waals surface area (Å²) in [5.41, 5.74) is 2.72. The number of aliphatic hydroxyl groups excluding tert-OH is 1. The molecule has 0 radical (unpaired) electrons. The molecule has 1 aliphatic heterocycles. The van der Waals surface area contributed by atoms with E-state index in [1.54, 1.807) is 48.5 Å². The molecule has 1 amide bonds. The summed E-state index contributed by atoms with van der Waals surface area (Å²) in [5.74, 6) is -1.93. The Morgan fingerprint density at radius 2 is 1.72 bits per heavy atom. The predicted octanol–water partition coefficient (Wildman–Crippen LogP) is 4.45. The number of rotatable bonds is 4. The Morgan fingerprint density at radius 3 is 2.31 bits per heavy atom. The second-order valence-electron chi connectivity index (χ2n) is 7.47. The molecular weight excluding hydrogens is 404 g/mol. The first kappa shape index (κ1) is 20.9. The monoisotopic (exact) mass is 424 g/mol. The van der Waals surface area contributed by atoms with Crippen molar-refractivity contribution in [2.75, 3.05) is 4.90 Å². The quantitative estimate of drug-likeness (QED) is 0.366. The van der Waals surface area contributed by atoms with Crippen LogP contribution in [0.4, 0.5) is 5.69 Å². The maximum Gasteiger partial charge on any atom is 0.300 e. The molecule has 1 saturated heterocycles. The van der Waals surface area contributed by atoms with E-state index in [0.29, 0.717) is 22.4 Å². The van der Waals surface area contributed by atoms with Crippen molar-refractivity contribution in [3.8, 4) is 11.8 Å². The molecule has 0 saturated carbocycles. The molecule has 1 unspecified atom stereocenters. The van der Waals surface area contributed by atoms with Crippen LogP contribution in [-0.4, -0.2) is 21.9 Å². The summed E-state index contributed by atoms with van der Waals surface area (Å²) in [6, 6.07) is 20.7. The lowest BCUT2D eigenvalue weighted by molar-refractivity contribution is -0.132. The molecule has 1 heterocycles. The number of ketones is 1. The number of phenolic OH excluding ortho intramolecular Hbond substituents is 1. The summed E-state index contributed by atoms with van der Waals surface area (Å²) in [4.78, 5) is 27.5. The first-order valence-corrected chi connectivity index (χ1v) is 10.1. The van der Waals surface area contributed by atoms with Gasteiger partial charge in [-0.1, -0.05) is 43.3 Å². The van der Waals surface area contributed by atoms with Crippen molar-refractivity contribution in [2.45, 2.75) is 19.4 Å². The lowest BCUT2D eigenvalue weighted by Crippen LogP contribution is -2.29. The zero-order valence-electron chi connectivity index (χ0n) is 17.3. The third kappa shape index (κ3) is 3.61. The normalized spacial score (nSPS) is 17.4. The van der Waals surface area contributed by atoms with Gasteiger partial charge in [-0.2, -0.15) is 5.26 Å². The Hall–Kier alpha value is -4.37. The van der Waals surface area contributed by atoms with Gasteiger partial charge in [0.1, 0.15) is 11.5 Å². The van der Waals surface area contributed by atoms with Crippen LogP contribution in [0.2, 0.25) is 0 Å². The topological polar surface area (TPSA) is 102 Å². The van der Waals surface area contributed by atoms with Gasteiger partial charge >= 0.3 is 0 Å². The molecule has 32 heavy (non-hydrogen) atoms. The molecule has 2 N–H and O–H groups in total. The van der Waals surface area contributed by atoms with E-state index < -0.39 is 17.7 Å². The molecular formula is C26H20N2O4. The molecule has 1 aliphatic rings. The third-order valence-electron chi connectivity index (χ3n) is 5.54. The van der Waals surface area contributed by atoms with E-state index in [1.807, 2.05) is 25.1 Å². The van der Waals surface area contributed by atoms with E-state index in [4.69, 9.17) is 5.26 Å². The number of hydrogen-bond acceptors (Lipinski definition) is 5. The van der Waals surface area contributed by atoms with Gasteiger partial charge in [0.25, 0.3) is 11.7 Å². The number of aromatic hydroxyl groups is 1. The number of Topliss-reactive ketones (excluding diaryl/α,β-unsaturated/α-hetero) is 1. The fourth-order valence-corrected chi connectivity index (χ4v) is 3.86. The van der Waals surface area contributed by atoms with Crippen LogP contribution in [0, 0.1) is 11.3 Å². The highest BCUT2D eigenvalue weighted by molar-refractivity contribution is 6.51. The van der Waals surface area contributed by atoms with Crippen molar-refractivity contribution in [1.29, 1.82) is 5.26 Å². The zero-order valence-corrected chi connectivity index (χ0v) is 17.3. The second-order valence-corrected chi connectivity index (χ2v) is 7.47. The first-order chi connectivity index (χ1) is 15.4. The number of aryl methyl sites for hydroxylation is 1. The summed E-state index contributed by atoms with van der Waals surface area (Å²) in [6.07, 6.45) is 0.827. The van der Waals surface area contributed by atoms with E-state index in [0.717, 1.165) is 12.0 Å². The van der Waals surface area contributed by atoms with Gasteiger partial charge in [-0.3, -0.25) is 14.5 Å². The van der Waals surface area contributed by atoms with Gasteiger partial charge < -0.3 is 10.2 Å². The van der Waals surface area contributed by atoms with Crippen molar-refractivity contribution in [2.24, 2.45) is 0 Å². The number of phenols is 1. The fraction of sp³-hybridized carbons (Fsp3) is 0.115. The Labute approximate surface area is 185 Å². The Balaban J connectivity index is 1.92. The van der Waals surface area contributed by atoms with Gasteiger partial charge in [0.2, 0.25) is 0 Å². The maximum atomic E-state index is 13.1.